The number of isocyanates is 1. The topological polar surface area (TPSA) is 38.7 Å². The molecule has 1 unspecified atom stereocenters. The Morgan fingerprint density at radius 1 is 1.47 bits per heavy atom. The summed E-state index contributed by atoms with van der Waals surface area (Å²) in [6.07, 6.45) is 2.27. The van der Waals surface area contributed by atoms with Gasteiger partial charge in [-0.15, -0.1) is 0 Å². The number of hydrogen-bond donors (Lipinski definition) is 0. The number of nitrogens with zero attached hydrogens (tertiary/aromatic N) is 1. The standard InChI is InChI=1S/C12H15NO2/c1-3-15-12-7-5-4-6-11(12)8-10(2)13-9-14/h4-7,10H,3,8H2,1-2H3. The third kappa shape index (κ3) is 3.56. The van der Waals surface area contributed by atoms with Crippen molar-refractivity contribution in [2.45, 2.75) is 26.3 Å². The number of aliphatic imine (C=N–C) groups is 1. The maximum absolute atomic E-state index is 10.1. The molecule has 1 rings (SSSR count). The van der Waals surface area contributed by atoms with Gasteiger partial charge in [0, 0.05) is 0 Å². The van der Waals surface area contributed by atoms with E-state index in [4.69, 9.17) is 4.74 Å². The second-order valence-corrected chi connectivity index (χ2v) is 3.31. The van der Waals surface area contributed by atoms with E-state index >= 15 is 0 Å². The molecule has 1 atom stereocenters. The van der Waals surface area contributed by atoms with Crippen LogP contribution in [0.2, 0.25) is 0 Å². The van der Waals surface area contributed by atoms with Crippen LogP contribution in [0.15, 0.2) is 29.3 Å². The van der Waals surface area contributed by atoms with Gasteiger partial charge in [0.1, 0.15) is 5.75 Å². The third-order valence-electron chi connectivity index (χ3n) is 2.06. The molecule has 15 heavy (non-hydrogen) atoms. The van der Waals surface area contributed by atoms with Gasteiger partial charge in [-0.25, -0.2) is 9.79 Å². The summed E-state index contributed by atoms with van der Waals surface area (Å²) in [5.74, 6) is 0.868. The number of hydrogen-bond acceptors (Lipinski definition) is 3. The normalized spacial score (nSPS) is 11.6. The zero-order valence-electron chi connectivity index (χ0n) is 9.06. The zero-order valence-corrected chi connectivity index (χ0v) is 9.06. The molecule has 0 amide bonds. The van der Waals surface area contributed by atoms with Gasteiger partial charge in [-0.1, -0.05) is 18.2 Å². The summed E-state index contributed by atoms with van der Waals surface area (Å²) >= 11 is 0. The summed E-state index contributed by atoms with van der Waals surface area (Å²) in [6, 6.07) is 7.75. The molecule has 0 saturated carbocycles. The molecule has 0 radical (unpaired) electrons. The molecule has 80 valence electrons. The largest absolute Gasteiger partial charge is 0.494 e. The third-order valence-corrected chi connectivity index (χ3v) is 2.06. The van der Waals surface area contributed by atoms with E-state index in [2.05, 4.69) is 4.99 Å². The fourth-order valence-corrected chi connectivity index (χ4v) is 1.42. The van der Waals surface area contributed by atoms with Gasteiger partial charge in [0.25, 0.3) is 0 Å². The van der Waals surface area contributed by atoms with Gasteiger partial charge in [-0.3, -0.25) is 0 Å². The summed E-state index contributed by atoms with van der Waals surface area (Å²) in [5, 5.41) is 0. The Morgan fingerprint density at radius 3 is 2.87 bits per heavy atom. The predicted octanol–water partition coefficient (Wildman–Crippen LogP) is 2.35. The molecule has 1 aromatic carbocycles. The second kappa shape index (κ2) is 5.99. The molecule has 0 aliphatic rings. The van der Waals surface area contributed by atoms with Gasteiger partial charge in [0.15, 0.2) is 0 Å². The highest BCUT2D eigenvalue weighted by Crippen LogP contribution is 2.20. The lowest BCUT2D eigenvalue weighted by molar-refractivity contribution is 0.336. The van der Waals surface area contributed by atoms with E-state index in [1.54, 1.807) is 6.08 Å². The van der Waals surface area contributed by atoms with Crippen molar-refractivity contribution >= 4 is 6.08 Å². The molecular formula is C12H15NO2. The van der Waals surface area contributed by atoms with Gasteiger partial charge in [-0.05, 0) is 31.9 Å². The molecule has 0 spiro atoms. The second-order valence-electron chi connectivity index (χ2n) is 3.31. The van der Waals surface area contributed by atoms with Crippen LogP contribution in [-0.2, 0) is 11.2 Å². The van der Waals surface area contributed by atoms with E-state index in [-0.39, 0.29) is 6.04 Å². The number of benzene rings is 1. The van der Waals surface area contributed by atoms with Crippen LogP contribution < -0.4 is 4.74 Å². The van der Waals surface area contributed by atoms with Crippen molar-refractivity contribution in [1.29, 1.82) is 0 Å². The van der Waals surface area contributed by atoms with Gasteiger partial charge in [-0.2, -0.15) is 0 Å². The summed E-state index contributed by atoms with van der Waals surface area (Å²) < 4.78 is 5.48. The molecule has 0 saturated heterocycles. The lowest BCUT2D eigenvalue weighted by Crippen LogP contribution is -2.05. The fourth-order valence-electron chi connectivity index (χ4n) is 1.42. The Balaban J connectivity index is 2.78. The summed E-state index contributed by atoms with van der Waals surface area (Å²) in [6.45, 7) is 4.47. The molecule has 3 nitrogen and oxygen atoms in total. The minimum Gasteiger partial charge on any atom is -0.494 e. The molecule has 0 N–H and O–H groups in total. The van der Waals surface area contributed by atoms with E-state index in [1.807, 2.05) is 38.1 Å². The van der Waals surface area contributed by atoms with Crippen molar-refractivity contribution in [1.82, 2.24) is 0 Å². The van der Waals surface area contributed by atoms with E-state index in [9.17, 15) is 4.79 Å². The van der Waals surface area contributed by atoms with Gasteiger partial charge in [0.05, 0.1) is 12.6 Å². The van der Waals surface area contributed by atoms with Crippen molar-refractivity contribution in [2.75, 3.05) is 6.61 Å². The SMILES string of the molecule is CCOc1ccccc1CC(C)N=C=O. The summed E-state index contributed by atoms with van der Waals surface area (Å²) in [4.78, 5) is 13.8. The minimum atomic E-state index is -0.0518. The highest BCUT2D eigenvalue weighted by molar-refractivity contribution is 5.36. The smallest absolute Gasteiger partial charge is 0.235 e. The van der Waals surface area contributed by atoms with Crippen LogP contribution in [0.25, 0.3) is 0 Å². The maximum atomic E-state index is 10.1. The number of para-hydroxylation sites is 1. The maximum Gasteiger partial charge on any atom is 0.235 e. The summed E-state index contributed by atoms with van der Waals surface area (Å²) in [7, 11) is 0. The van der Waals surface area contributed by atoms with Crippen LogP contribution in [0.3, 0.4) is 0 Å². The Morgan fingerprint density at radius 2 is 2.20 bits per heavy atom. The van der Waals surface area contributed by atoms with Gasteiger partial charge >= 0.3 is 0 Å². The molecular weight excluding hydrogens is 190 g/mol. The molecule has 0 aromatic heterocycles. The highest BCUT2D eigenvalue weighted by Gasteiger charge is 2.06. The number of carbonyl (C=O) groups excluding carboxylic acids is 1. The van der Waals surface area contributed by atoms with E-state index in [0.29, 0.717) is 13.0 Å². The minimum absolute atomic E-state index is 0.0518. The average Bonchev–Trinajstić information content (AvgIpc) is 2.21. The van der Waals surface area contributed by atoms with E-state index in [1.165, 1.54) is 0 Å². The van der Waals surface area contributed by atoms with Crippen LogP contribution >= 0.6 is 0 Å². The first kappa shape index (κ1) is 11.5. The first-order valence-electron chi connectivity index (χ1n) is 5.05. The predicted molar refractivity (Wildman–Crippen MR) is 58.9 cm³/mol. The number of rotatable bonds is 5. The zero-order chi connectivity index (χ0) is 11.1. The Kier molecular flexibility index (Phi) is 4.58. The van der Waals surface area contributed by atoms with Crippen molar-refractivity contribution in [3.05, 3.63) is 29.8 Å². The molecule has 0 aliphatic carbocycles. The fraction of sp³-hybridized carbons (Fsp3) is 0.417. The van der Waals surface area contributed by atoms with Crippen molar-refractivity contribution in [2.24, 2.45) is 4.99 Å². The molecule has 0 aliphatic heterocycles. The molecule has 0 bridgehead atoms. The Bertz CT molecular complexity index is 356. The highest BCUT2D eigenvalue weighted by atomic mass is 16.5. The molecule has 3 heteroatoms. The van der Waals surface area contributed by atoms with Crippen molar-refractivity contribution < 1.29 is 9.53 Å². The van der Waals surface area contributed by atoms with Crippen LogP contribution in [-0.4, -0.2) is 18.7 Å². The quantitative estimate of drug-likeness (QED) is 0.546. The van der Waals surface area contributed by atoms with Crippen LogP contribution in [0.5, 0.6) is 5.75 Å². The molecule has 1 aromatic rings. The molecule has 0 fully saturated rings. The Hall–Kier alpha value is -1.60. The van der Waals surface area contributed by atoms with Crippen LogP contribution in [0.4, 0.5) is 0 Å². The van der Waals surface area contributed by atoms with Crippen molar-refractivity contribution in [3.8, 4) is 5.75 Å². The van der Waals surface area contributed by atoms with Gasteiger partial charge in [0.2, 0.25) is 6.08 Å². The first-order chi connectivity index (χ1) is 7.27. The average molecular weight is 205 g/mol. The first-order valence-corrected chi connectivity index (χ1v) is 5.05. The lowest BCUT2D eigenvalue weighted by Gasteiger charge is -2.10. The Labute approximate surface area is 89.8 Å². The molecule has 0 heterocycles. The summed E-state index contributed by atoms with van der Waals surface area (Å²) in [5.41, 5.74) is 1.07. The van der Waals surface area contributed by atoms with E-state index in [0.717, 1.165) is 11.3 Å². The monoisotopic (exact) mass is 205 g/mol. The lowest BCUT2D eigenvalue weighted by atomic mass is 10.1. The van der Waals surface area contributed by atoms with Gasteiger partial charge < -0.3 is 4.74 Å². The van der Waals surface area contributed by atoms with Crippen LogP contribution in [0.1, 0.15) is 19.4 Å². The number of ether oxygens (including phenoxy) is 1. The van der Waals surface area contributed by atoms with Crippen LogP contribution in [0, 0.1) is 0 Å². The van der Waals surface area contributed by atoms with E-state index < -0.39 is 0 Å². The van der Waals surface area contributed by atoms with Crippen molar-refractivity contribution in [3.63, 3.8) is 0 Å².